The fourth-order valence-electron chi connectivity index (χ4n) is 1.60. The second-order valence-corrected chi connectivity index (χ2v) is 4.66. The molecule has 1 aliphatic heterocycles. The van der Waals surface area contributed by atoms with Crippen LogP contribution in [0.4, 0.5) is 5.69 Å². The van der Waals surface area contributed by atoms with E-state index in [1.54, 1.807) is 18.2 Å². The third kappa shape index (κ3) is 20.6. The fraction of sp³-hybridized carbons (Fsp3) is 0.684. The molecule has 0 spiro atoms. The zero-order valence-electron chi connectivity index (χ0n) is 16.3. The average Bonchev–Trinajstić information content (AvgIpc) is 2.61. The number of nitrogens with zero attached hydrogens (tertiary/aromatic N) is 2. The molecule has 1 heterocycles. The molecule has 136 valence electrons. The van der Waals surface area contributed by atoms with Gasteiger partial charge in [-0.3, -0.25) is 10.1 Å². The summed E-state index contributed by atoms with van der Waals surface area (Å²) >= 11 is 0. The molecular weight excluding hydrogens is 288 g/mol. The van der Waals surface area contributed by atoms with Crippen molar-refractivity contribution in [3.05, 3.63) is 40.4 Å². The molecule has 1 aromatic carbocycles. The molecule has 4 heteroatoms. The number of benzene rings is 1. The molecule has 0 saturated carbocycles. The summed E-state index contributed by atoms with van der Waals surface area (Å²) in [5.41, 5.74) is 0.137. The summed E-state index contributed by atoms with van der Waals surface area (Å²) in [6.45, 7) is 14.9. The maximum absolute atomic E-state index is 10.0. The summed E-state index contributed by atoms with van der Waals surface area (Å²) in [5, 5.41) is 10.0. The number of rotatable bonds is 1. The molecule has 4 nitrogen and oxygen atoms in total. The molecule has 1 aromatic rings. The van der Waals surface area contributed by atoms with Crippen LogP contribution >= 0.6 is 0 Å². The summed E-state index contributed by atoms with van der Waals surface area (Å²) in [6, 6.07) is 7.93. The van der Waals surface area contributed by atoms with Gasteiger partial charge < -0.3 is 4.90 Å². The van der Waals surface area contributed by atoms with Crippen molar-refractivity contribution in [3.63, 3.8) is 0 Å². The molecule has 2 rings (SSSR count). The van der Waals surface area contributed by atoms with Crippen molar-refractivity contribution in [1.29, 1.82) is 0 Å². The molecule has 0 radical (unpaired) electrons. The Labute approximate surface area is 144 Å². The molecule has 0 bridgehead atoms. The van der Waals surface area contributed by atoms with Gasteiger partial charge in [-0.2, -0.15) is 0 Å². The largest absolute Gasteiger partial charge is 0.306 e. The van der Waals surface area contributed by atoms with Crippen molar-refractivity contribution in [2.24, 2.45) is 0 Å². The van der Waals surface area contributed by atoms with Crippen LogP contribution in [0, 0.1) is 10.1 Å². The molecule has 1 saturated heterocycles. The van der Waals surface area contributed by atoms with E-state index in [0.717, 1.165) is 0 Å². The van der Waals surface area contributed by atoms with Crippen LogP contribution in [-0.4, -0.2) is 30.0 Å². The molecule has 0 atom stereocenters. The van der Waals surface area contributed by atoms with Gasteiger partial charge in [-0.25, -0.2) is 0 Å². The minimum absolute atomic E-state index is 0.137. The van der Waals surface area contributed by atoms with Gasteiger partial charge in [0.2, 0.25) is 0 Å². The van der Waals surface area contributed by atoms with E-state index in [1.165, 1.54) is 50.9 Å². The second kappa shape index (κ2) is 22.9. The van der Waals surface area contributed by atoms with Crippen LogP contribution in [0.3, 0.4) is 0 Å². The molecule has 0 N–H and O–H groups in total. The molecule has 0 aromatic heterocycles. The van der Waals surface area contributed by atoms with Crippen molar-refractivity contribution >= 4 is 5.69 Å². The average molecular weight is 327 g/mol. The van der Waals surface area contributed by atoms with Crippen molar-refractivity contribution < 1.29 is 4.92 Å². The lowest BCUT2D eigenvalue weighted by Crippen LogP contribution is -2.24. The Morgan fingerprint density at radius 1 is 0.957 bits per heavy atom. The van der Waals surface area contributed by atoms with Crippen molar-refractivity contribution in [2.45, 2.75) is 67.2 Å². The van der Waals surface area contributed by atoms with Crippen LogP contribution in [0.2, 0.25) is 0 Å². The zero-order chi connectivity index (χ0) is 18.5. The number of likely N-dealkylation sites (tertiary alicyclic amines) is 1. The molecule has 1 fully saturated rings. The molecule has 1 aliphatic rings. The summed E-state index contributed by atoms with van der Waals surface area (Å²) in [5.74, 6) is 0. The maximum Gasteiger partial charge on any atom is 0.269 e. The van der Waals surface area contributed by atoms with E-state index in [-0.39, 0.29) is 5.69 Å². The van der Waals surface area contributed by atoms with Gasteiger partial charge in [-0.05, 0) is 33.0 Å². The first kappa shape index (κ1) is 26.5. The zero-order valence-corrected chi connectivity index (χ0v) is 16.3. The highest BCUT2D eigenvalue weighted by Gasteiger charge is 2.02. The predicted octanol–water partition coefficient (Wildman–Crippen LogP) is 6.17. The maximum atomic E-state index is 10.0. The van der Waals surface area contributed by atoms with Crippen molar-refractivity contribution in [3.8, 4) is 0 Å². The van der Waals surface area contributed by atoms with Crippen LogP contribution in [0.1, 0.15) is 67.2 Å². The number of para-hydroxylation sites is 1. The Morgan fingerprint density at radius 3 is 1.57 bits per heavy atom. The van der Waals surface area contributed by atoms with Crippen molar-refractivity contribution in [2.75, 3.05) is 20.1 Å². The highest BCUT2D eigenvalue weighted by Crippen LogP contribution is 2.06. The monoisotopic (exact) mass is 326 g/mol. The highest BCUT2D eigenvalue weighted by molar-refractivity contribution is 5.27. The summed E-state index contributed by atoms with van der Waals surface area (Å²) in [7, 11) is 2.19. The number of piperidine rings is 1. The quantitative estimate of drug-likeness (QED) is 0.458. The Morgan fingerprint density at radius 2 is 1.35 bits per heavy atom. The minimum Gasteiger partial charge on any atom is -0.306 e. The van der Waals surface area contributed by atoms with Gasteiger partial charge in [0.05, 0.1) is 4.92 Å². The fourth-order valence-corrected chi connectivity index (χ4v) is 1.60. The number of non-ortho nitro benzene ring substituents is 1. The minimum atomic E-state index is -0.417. The van der Waals surface area contributed by atoms with Crippen LogP contribution in [0.25, 0.3) is 0 Å². The number of hydrogen-bond acceptors (Lipinski definition) is 3. The van der Waals surface area contributed by atoms with E-state index in [0.29, 0.717) is 0 Å². The number of nitro groups is 1. The van der Waals surface area contributed by atoms with Gasteiger partial charge in [-0.15, -0.1) is 0 Å². The Kier molecular flexibility index (Phi) is 26.3. The van der Waals surface area contributed by atoms with Gasteiger partial charge in [0, 0.05) is 12.1 Å². The predicted molar refractivity (Wildman–Crippen MR) is 103 cm³/mol. The van der Waals surface area contributed by atoms with E-state index >= 15 is 0 Å². The summed E-state index contributed by atoms with van der Waals surface area (Å²) in [6.07, 6.45) is 5.53. The Balaban J connectivity index is -0.000000255. The molecule has 0 aliphatic carbocycles. The second-order valence-electron chi connectivity index (χ2n) is 4.66. The van der Waals surface area contributed by atoms with Crippen molar-refractivity contribution in [1.82, 2.24) is 4.90 Å². The van der Waals surface area contributed by atoms with Gasteiger partial charge >= 0.3 is 0 Å². The molecule has 0 amide bonds. The van der Waals surface area contributed by atoms with E-state index in [4.69, 9.17) is 0 Å². The van der Waals surface area contributed by atoms with Crippen LogP contribution in [0.5, 0.6) is 0 Å². The smallest absolute Gasteiger partial charge is 0.269 e. The molecule has 0 unspecified atom stereocenters. The molecular formula is C19H38N2O2. The number of nitro benzene ring substituents is 1. The van der Waals surface area contributed by atoms with Gasteiger partial charge in [0.1, 0.15) is 0 Å². The van der Waals surface area contributed by atoms with Gasteiger partial charge in [0.15, 0.2) is 0 Å². The summed E-state index contributed by atoms with van der Waals surface area (Å²) in [4.78, 5) is 12.0. The number of hydrogen-bond donors (Lipinski definition) is 0. The first-order valence-corrected chi connectivity index (χ1v) is 8.99. The van der Waals surface area contributed by atoms with Gasteiger partial charge in [-0.1, -0.05) is 72.6 Å². The first-order chi connectivity index (χ1) is 11.1. The van der Waals surface area contributed by atoms with E-state index in [2.05, 4.69) is 25.8 Å². The third-order valence-electron chi connectivity index (χ3n) is 2.55. The Bertz CT molecular complexity index is 323. The normalized spacial score (nSPS) is 12.5. The SMILES string of the molecule is CC.CC.CCC.CN1CCCCC1.O=[N+]([O-])c1ccccc1. The van der Waals surface area contributed by atoms with E-state index in [1.807, 2.05) is 27.7 Å². The van der Waals surface area contributed by atoms with Gasteiger partial charge in [0.25, 0.3) is 5.69 Å². The van der Waals surface area contributed by atoms with Crippen LogP contribution in [0.15, 0.2) is 30.3 Å². The van der Waals surface area contributed by atoms with Crippen LogP contribution < -0.4 is 0 Å². The van der Waals surface area contributed by atoms with Crippen LogP contribution in [-0.2, 0) is 0 Å². The lowest BCUT2D eigenvalue weighted by molar-refractivity contribution is -0.384. The summed E-state index contributed by atoms with van der Waals surface area (Å²) < 4.78 is 0. The topological polar surface area (TPSA) is 46.4 Å². The Hall–Kier alpha value is -1.42. The molecule has 23 heavy (non-hydrogen) atoms. The van der Waals surface area contributed by atoms with E-state index in [9.17, 15) is 10.1 Å². The standard InChI is InChI=1S/C6H5NO2.C6H13N.C3H8.2C2H6/c8-7(9)6-4-2-1-3-5-6;1-7-5-3-2-4-6-7;1-3-2;2*1-2/h1-5H;2-6H2,1H3;3H2,1-2H3;2*1-2H3. The highest BCUT2D eigenvalue weighted by atomic mass is 16.6. The lowest BCUT2D eigenvalue weighted by atomic mass is 10.1. The third-order valence-corrected chi connectivity index (χ3v) is 2.55. The lowest BCUT2D eigenvalue weighted by Gasteiger charge is -2.20. The first-order valence-electron chi connectivity index (χ1n) is 8.99. The van der Waals surface area contributed by atoms with E-state index < -0.39 is 4.92 Å².